The number of nitrogens with one attached hydrogen (secondary N) is 1. The van der Waals surface area contributed by atoms with Crippen molar-refractivity contribution in [3.8, 4) is 0 Å². The molecule has 0 fully saturated rings. The van der Waals surface area contributed by atoms with E-state index in [1.807, 2.05) is 0 Å². The number of carbonyl (C=O) groups is 2. The Morgan fingerprint density at radius 1 is 1.38 bits per heavy atom. The van der Waals surface area contributed by atoms with Gasteiger partial charge < -0.3 is 10.4 Å². The summed E-state index contributed by atoms with van der Waals surface area (Å²) in [4.78, 5) is 23.5. The van der Waals surface area contributed by atoms with E-state index < -0.39 is 5.97 Å². The van der Waals surface area contributed by atoms with E-state index in [1.54, 1.807) is 24.4 Å². The van der Waals surface area contributed by atoms with Gasteiger partial charge in [0, 0.05) is 16.0 Å². The molecular weight excluding hydrogens is 313 g/mol. The maximum atomic E-state index is 13.3. The van der Waals surface area contributed by atoms with Gasteiger partial charge in [-0.1, -0.05) is 6.07 Å². The first-order chi connectivity index (χ1) is 9.95. The number of carbonyl (C=O) groups excluding carboxylic acids is 1. The first-order valence-electron chi connectivity index (χ1n) is 5.96. The minimum atomic E-state index is -0.980. The minimum Gasteiger partial charge on any atom is -0.477 e. The number of carboxylic acid groups (broad SMARTS) is 1. The van der Waals surface area contributed by atoms with Gasteiger partial charge in [-0.25, -0.2) is 9.18 Å². The zero-order valence-corrected chi connectivity index (χ0v) is 12.7. The Labute approximate surface area is 129 Å². The highest BCUT2D eigenvalue weighted by Gasteiger charge is 2.09. The van der Waals surface area contributed by atoms with Crippen LogP contribution < -0.4 is 5.32 Å². The Bertz CT molecular complexity index is 685. The molecule has 1 heterocycles. The van der Waals surface area contributed by atoms with Crippen LogP contribution in [-0.4, -0.2) is 22.7 Å². The van der Waals surface area contributed by atoms with Gasteiger partial charge in [-0.2, -0.15) is 0 Å². The van der Waals surface area contributed by atoms with Crippen LogP contribution in [0.3, 0.4) is 0 Å². The molecule has 2 N–H and O–H groups in total. The van der Waals surface area contributed by atoms with Crippen LogP contribution >= 0.6 is 23.1 Å². The Kier molecular flexibility index (Phi) is 4.98. The summed E-state index contributed by atoms with van der Waals surface area (Å²) < 4.78 is 13.3. The second kappa shape index (κ2) is 6.73. The molecule has 0 spiro atoms. The number of thioether (sulfide) groups is 1. The zero-order chi connectivity index (χ0) is 15.4. The molecule has 0 aliphatic carbocycles. The van der Waals surface area contributed by atoms with Crippen LogP contribution in [0.15, 0.2) is 34.5 Å². The molecule has 7 heteroatoms. The molecule has 1 amide bonds. The number of aromatic carboxylic acids is 1. The van der Waals surface area contributed by atoms with Crippen molar-refractivity contribution < 1.29 is 19.1 Å². The largest absolute Gasteiger partial charge is 0.477 e. The third kappa shape index (κ3) is 4.30. The number of hydrogen-bond acceptors (Lipinski definition) is 4. The number of thiophene rings is 1. The SMILES string of the molecule is Cc1ccc(NC(=O)CSc2csc(C(=O)O)c2)cc1F. The van der Waals surface area contributed by atoms with Gasteiger partial charge in [0.25, 0.3) is 0 Å². The topological polar surface area (TPSA) is 66.4 Å². The monoisotopic (exact) mass is 325 g/mol. The second-order valence-electron chi connectivity index (χ2n) is 4.25. The van der Waals surface area contributed by atoms with Gasteiger partial charge in [0.2, 0.25) is 5.91 Å². The number of aryl methyl sites for hydroxylation is 1. The van der Waals surface area contributed by atoms with E-state index in [-0.39, 0.29) is 22.4 Å². The van der Waals surface area contributed by atoms with Crippen LogP contribution in [0.1, 0.15) is 15.2 Å². The van der Waals surface area contributed by atoms with Crippen molar-refractivity contribution in [2.24, 2.45) is 0 Å². The molecule has 110 valence electrons. The number of rotatable bonds is 5. The molecule has 0 unspecified atom stereocenters. The number of carboxylic acids is 1. The molecule has 21 heavy (non-hydrogen) atoms. The van der Waals surface area contributed by atoms with E-state index in [0.29, 0.717) is 11.3 Å². The molecular formula is C14H12FNO3S2. The highest BCUT2D eigenvalue weighted by atomic mass is 32.2. The van der Waals surface area contributed by atoms with E-state index >= 15 is 0 Å². The first-order valence-corrected chi connectivity index (χ1v) is 7.83. The van der Waals surface area contributed by atoms with Gasteiger partial charge in [-0.3, -0.25) is 4.79 Å². The maximum absolute atomic E-state index is 13.3. The maximum Gasteiger partial charge on any atom is 0.345 e. The van der Waals surface area contributed by atoms with E-state index in [2.05, 4.69) is 5.32 Å². The second-order valence-corrected chi connectivity index (χ2v) is 6.21. The highest BCUT2D eigenvalue weighted by molar-refractivity contribution is 8.00. The first kappa shape index (κ1) is 15.5. The number of anilines is 1. The Morgan fingerprint density at radius 2 is 2.14 bits per heavy atom. The zero-order valence-electron chi connectivity index (χ0n) is 11.1. The van der Waals surface area contributed by atoms with Crippen LogP contribution in [0.25, 0.3) is 0 Å². The van der Waals surface area contributed by atoms with Crippen molar-refractivity contribution in [2.75, 3.05) is 11.1 Å². The molecule has 0 radical (unpaired) electrons. The predicted octanol–water partition coefficient (Wildman–Crippen LogP) is 3.62. The molecule has 0 saturated carbocycles. The van der Waals surface area contributed by atoms with Gasteiger partial charge in [0.1, 0.15) is 10.7 Å². The van der Waals surface area contributed by atoms with Gasteiger partial charge in [-0.05, 0) is 30.7 Å². The van der Waals surface area contributed by atoms with Gasteiger partial charge >= 0.3 is 5.97 Å². The summed E-state index contributed by atoms with van der Waals surface area (Å²) in [6.07, 6.45) is 0. The quantitative estimate of drug-likeness (QED) is 0.824. The fourth-order valence-electron chi connectivity index (χ4n) is 1.52. The lowest BCUT2D eigenvalue weighted by molar-refractivity contribution is -0.113. The van der Waals surface area contributed by atoms with Crippen molar-refractivity contribution in [2.45, 2.75) is 11.8 Å². The van der Waals surface area contributed by atoms with Crippen LogP contribution in [0, 0.1) is 12.7 Å². The third-order valence-electron chi connectivity index (χ3n) is 2.61. The standard InChI is InChI=1S/C14H12FNO3S2/c1-8-2-3-9(4-11(8)15)16-13(17)7-20-10-5-12(14(18)19)21-6-10/h2-6H,7H2,1H3,(H,16,17)(H,18,19). The average molecular weight is 325 g/mol. The summed E-state index contributed by atoms with van der Waals surface area (Å²) in [5.74, 6) is -1.49. The van der Waals surface area contributed by atoms with E-state index in [0.717, 1.165) is 16.2 Å². The van der Waals surface area contributed by atoms with Crippen LogP contribution in [0.5, 0.6) is 0 Å². The summed E-state index contributed by atoms with van der Waals surface area (Å²) in [7, 11) is 0. The van der Waals surface area contributed by atoms with Crippen LogP contribution in [-0.2, 0) is 4.79 Å². The summed E-state index contributed by atoms with van der Waals surface area (Å²) in [5.41, 5.74) is 0.919. The third-order valence-corrected chi connectivity index (χ3v) is 4.65. The van der Waals surface area contributed by atoms with E-state index in [9.17, 15) is 14.0 Å². The average Bonchev–Trinajstić information content (AvgIpc) is 2.90. The van der Waals surface area contributed by atoms with Gasteiger partial charge in [0.05, 0.1) is 5.75 Å². The summed E-state index contributed by atoms with van der Waals surface area (Å²) in [6.45, 7) is 1.65. The number of halogens is 1. The molecule has 1 aromatic carbocycles. The highest BCUT2D eigenvalue weighted by Crippen LogP contribution is 2.25. The molecule has 4 nitrogen and oxygen atoms in total. The van der Waals surface area contributed by atoms with Crippen LogP contribution in [0.4, 0.5) is 10.1 Å². The van der Waals surface area contributed by atoms with Crippen molar-refractivity contribution in [1.29, 1.82) is 0 Å². The number of amides is 1. The normalized spacial score (nSPS) is 10.4. The molecule has 2 rings (SSSR count). The molecule has 0 aliphatic rings. The molecule has 0 bridgehead atoms. The molecule has 1 aromatic heterocycles. The van der Waals surface area contributed by atoms with Crippen molar-refractivity contribution in [3.05, 3.63) is 45.9 Å². The molecule has 0 saturated heterocycles. The van der Waals surface area contributed by atoms with E-state index in [4.69, 9.17) is 5.11 Å². The number of hydrogen-bond donors (Lipinski definition) is 2. The minimum absolute atomic E-state index is 0.130. The van der Waals surface area contributed by atoms with Crippen molar-refractivity contribution >= 4 is 40.7 Å². The Morgan fingerprint density at radius 3 is 2.76 bits per heavy atom. The van der Waals surface area contributed by atoms with E-state index in [1.165, 1.54) is 23.9 Å². The Hall–Kier alpha value is -1.86. The fourth-order valence-corrected chi connectivity index (χ4v) is 3.19. The van der Waals surface area contributed by atoms with Crippen molar-refractivity contribution in [3.63, 3.8) is 0 Å². The molecule has 0 aliphatic heterocycles. The summed E-state index contributed by atoms with van der Waals surface area (Å²) >= 11 is 2.35. The molecule has 2 aromatic rings. The van der Waals surface area contributed by atoms with Crippen molar-refractivity contribution in [1.82, 2.24) is 0 Å². The lowest BCUT2D eigenvalue weighted by atomic mass is 10.2. The smallest absolute Gasteiger partial charge is 0.345 e. The lowest BCUT2D eigenvalue weighted by Crippen LogP contribution is -2.14. The predicted molar refractivity (Wildman–Crippen MR) is 81.8 cm³/mol. The summed E-state index contributed by atoms with van der Waals surface area (Å²) in [5, 5.41) is 13.1. The molecule has 0 atom stereocenters. The van der Waals surface area contributed by atoms with Crippen LogP contribution in [0.2, 0.25) is 0 Å². The van der Waals surface area contributed by atoms with Gasteiger partial charge in [0.15, 0.2) is 0 Å². The lowest BCUT2D eigenvalue weighted by Gasteiger charge is -2.05. The Balaban J connectivity index is 1.89. The summed E-state index contributed by atoms with van der Waals surface area (Å²) in [6, 6.07) is 6.02. The van der Waals surface area contributed by atoms with Gasteiger partial charge in [-0.15, -0.1) is 23.1 Å². The number of benzene rings is 1. The fraction of sp³-hybridized carbons (Fsp3) is 0.143.